The minimum atomic E-state index is -6.01. The highest BCUT2D eigenvalue weighted by atomic mass is 19.4. The minimum Gasteiger partial charge on any atom is -0.497 e. The fourth-order valence-electron chi connectivity index (χ4n) is 3.40. The Labute approximate surface area is 177 Å². The van der Waals surface area contributed by atoms with E-state index in [4.69, 9.17) is 4.74 Å². The van der Waals surface area contributed by atoms with Gasteiger partial charge < -0.3 is 9.47 Å². The number of benzene rings is 2. The summed E-state index contributed by atoms with van der Waals surface area (Å²) in [5.41, 5.74) is -1.88. The number of aliphatic imine (C=N–C) groups is 1. The van der Waals surface area contributed by atoms with E-state index < -0.39 is 35.4 Å². The van der Waals surface area contributed by atoms with Crippen LogP contribution in [0.2, 0.25) is 0 Å². The lowest BCUT2D eigenvalue weighted by molar-refractivity contribution is -0.250. The summed E-state index contributed by atoms with van der Waals surface area (Å²) in [5.74, 6) is -8.79. The molecule has 0 fully saturated rings. The third-order valence-electron chi connectivity index (χ3n) is 4.96. The standard InChI is InChI=1S/C21H14F5N3O3/c1-31-10-7-8-12-11(9-10)16-17(28-14-6-4-3-5-13(14)27-16)15(19(30)32-2)18(29-12)20(22,23)21(24,25)26/h3-9,15H,1-2H3. The molecule has 0 aliphatic carbocycles. The molecule has 0 saturated carbocycles. The zero-order valence-corrected chi connectivity index (χ0v) is 16.6. The molecule has 0 spiro atoms. The summed E-state index contributed by atoms with van der Waals surface area (Å²) >= 11 is 0. The number of alkyl halides is 5. The number of esters is 1. The molecule has 1 aliphatic rings. The van der Waals surface area contributed by atoms with Crippen molar-refractivity contribution in [2.45, 2.75) is 18.0 Å². The van der Waals surface area contributed by atoms with Gasteiger partial charge in [0.05, 0.1) is 42.3 Å². The quantitative estimate of drug-likeness (QED) is 0.421. The van der Waals surface area contributed by atoms with E-state index in [0.717, 1.165) is 7.11 Å². The summed E-state index contributed by atoms with van der Waals surface area (Å²) in [7, 11) is 2.23. The van der Waals surface area contributed by atoms with E-state index in [1.54, 1.807) is 18.2 Å². The highest BCUT2D eigenvalue weighted by molar-refractivity contribution is 6.14. The number of fused-ring (bicyclic) bond motifs is 4. The number of hydrogen-bond donors (Lipinski definition) is 0. The Morgan fingerprint density at radius 3 is 2.22 bits per heavy atom. The van der Waals surface area contributed by atoms with Crippen LogP contribution in [-0.4, -0.2) is 48.0 Å². The van der Waals surface area contributed by atoms with Crippen molar-refractivity contribution in [3.63, 3.8) is 0 Å². The largest absolute Gasteiger partial charge is 0.497 e. The predicted octanol–water partition coefficient (Wildman–Crippen LogP) is 4.85. The first-order valence-corrected chi connectivity index (χ1v) is 9.15. The normalized spacial score (nSPS) is 16.0. The number of carbonyl (C=O) groups excluding carboxylic acids is 1. The lowest BCUT2D eigenvalue weighted by Gasteiger charge is -2.25. The molecule has 0 saturated heterocycles. The van der Waals surface area contributed by atoms with Gasteiger partial charge >= 0.3 is 18.1 Å². The van der Waals surface area contributed by atoms with Crippen LogP contribution in [-0.2, 0) is 9.53 Å². The number of methoxy groups -OCH3 is 2. The number of carbonyl (C=O) groups is 1. The van der Waals surface area contributed by atoms with Gasteiger partial charge in [0.2, 0.25) is 0 Å². The Morgan fingerprint density at radius 1 is 0.969 bits per heavy atom. The predicted molar refractivity (Wildman–Crippen MR) is 104 cm³/mol. The Balaban J connectivity index is 2.15. The molecule has 3 aromatic rings. The van der Waals surface area contributed by atoms with Crippen molar-refractivity contribution in [3.05, 3.63) is 48.2 Å². The molecule has 2 heterocycles. The molecule has 11 heteroatoms. The van der Waals surface area contributed by atoms with Crippen molar-refractivity contribution >= 4 is 28.4 Å². The molecule has 1 aromatic heterocycles. The van der Waals surface area contributed by atoms with Crippen LogP contribution >= 0.6 is 0 Å². The molecule has 0 amide bonds. The van der Waals surface area contributed by atoms with E-state index in [2.05, 4.69) is 19.7 Å². The Bertz CT molecular complexity index is 1260. The number of hydrogen-bond acceptors (Lipinski definition) is 6. The fraction of sp³-hybridized carbons (Fsp3) is 0.238. The van der Waals surface area contributed by atoms with Crippen LogP contribution in [0.1, 0.15) is 11.6 Å². The molecule has 32 heavy (non-hydrogen) atoms. The fourth-order valence-corrected chi connectivity index (χ4v) is 3.40. The molecular weight excluding hydrogens is 437 g/mol. The SMILES string of the molecule is COC(=O)C1C(C(F)(F)C(F)(F)F)=Nc2ccc(OC)cc2-c2nc3ccccc3nc21. The topological polar surface area (TPSA) is 73.7 Å². The maximum atomic E-state index is 14.7. The number of nitrogens with zero attached hydrogens (tertiary/aromatic N) is 3. The molecular formula is C21H14F5N3O3. The smallest absolute Gasteiger partial charge is 0.459 e. The monoisotopic (exact) mass is 451 g/mol. The van der Waals surface area contributed by atoms with Gasteiger partial charge in [-0.15, -0.1) is 0 Å². The molecule has 1 unspecified atom stereocenters. The zero-order valence-electron chi connectivity index (χ0n) is 16.6. The van der Waals surface area contributed by atoms with E-state index in [1.807, 2.05) is 0 Å². The number of ether oxygens (including phenoxy) is 2. The number of halogens is 5. The van der Waals surface area contributed by atoms with Crippen LogP contribution in [0.3, 0.4) is 0 Å². The second kappa shape index (κ2) is 7.50. The van der Waals surface area contributed by atoms with Crippen LogP contribution in [0.15, 0.2) is 47.5 Å². The zero-order chi connectivity index (χ0) is 23.3. The van der Waals surface area contributed by atoms with Crippen molar-refractivity contribution in [1.29, 1.82) is 0 Å². The van der Waals surface area contributed by atoms with Crippen LogP contribution < -0.4 is 4.74 Å². The molecule has 1 aliphatic heterocycles. The van der Waals surface area contributed by atoms with Gasteiger partial charge in [-0.25, -0.2) is 15.0 Å². The van der Waals surface area contributed by atoms with Gasteiger partial charge in [0.1, 0.15) is 17.4 Å². The van der Waals surface area contributed by atoms with Gasteiger partial charge in [0, 0.05) is 5.56 Å². The molecule has 6 nitrogen and oxygen atoms in total. The average Bonchev–Trinajstić information content (AvgIpc) is 2.90. The van der Waals surface area contributed by atoms with Crippen LogP contribution in [0.25, 0.3) is 22.3 Å². The summed E-state index contributed by atoms with van der Waals surface area (Å²) in [4.78, 5) is 24.9. The molecule has 0 N–H and O–H groups in total. The highest BCUT2D eigenvalue weighted by Crippen LogP contribution is 2.47. The molecule has 0 bridgehead atoms. The van der Waals surface area contributed by atoms with Crippen molar-refractivity contribution < 1.29 is 36.2 Å². The lowest BCUT2D eigenvalue weighted by Crippen LogP contribution is -2.48. The van der Waals surface area contributed by atoms with Crippen LogP contribution in [0, 0.1) is 0 Å². The van der Waals surface area contributed by atoms with E-state index >= 15 is 0 Å². The van der Waals surface area contributed by atoms with Crippen molar-refractivity contribution in [2.24, 2.45) is 4.99 Å². The van der Waals surface area contributed by atoms with Gasteiger partial charge in [0.25, 0.3) is 0 Å². The summed E-state index contributed by atoms with van der Waals surface area (Å²) in [5, 5.41) is 0. The van der Waals surface area contributed by atoms with Crippen LogP contribution in [0.5, 0.6) is 5.75 Å². The van der Waals surface area contributed by atoms with Gasteiger partial charge in [-0.05, 0) is 30.3 Å². The number of aromatic nitrogens is 2. The van der Waals surface area contributed by atoms with Crippen molar-refractivity contribution in [1.82, 2.24) is 9.97 Å². The first kappa shape index (κ1) is 21.6. The molecule has 1 atom stereocenters. The Hall–Kier alpha value is -3.63. The maximum Gasteiger partial charge on any atom is 0.459 e. The van der Waals surface area contributed by atoms with Crippen LogP contribution in [0.4, 0.5) is 27.6 Å². The number of para-hydroxylation sites is 2. The second-order valence-corrected chi connectivity index (χ2v) is 6.85. The van der Waals surface area contributed by atoms with Gasteiger partial charge in [-0.3, -0.25) is 4.79 Å². The summed E-state index contributed by atoms with van der Waals surface area (Å²) in [6.07, 6.45) is -6.01. The highest BCUT2D eigenvalue weighted by Gasteiger charge is 2.64. The minimum absolute atomic E-state index is 0.0790. The first-order chi connectivity index (χ1) is 15.1. The van der Waals surface area contributed by atoms with Gasteiger partial charge in [-0.1, -0.05) is 12.1 Å². The molecule has 0 radical (unpaired) electrons. The maximum absolute atomic E-state index is 14.7. The van der Waals surface area contributed by atoms with Gasteiger partial charge in [-0.2, -0.15) is 22.0 Å². The molecule has 166 valence electrons. The van der Waals surface area contributed by atoms with Gasteiger partial charge in [0.15, 0.2) is 0 Å². The average molecular weight is 451 g/mol. The molecule has 4 rings (SSSR count). The summed E-state index contributed by atoms with van der Waals surface area (Å²) in [6.45, 7) is 0. The van der Waals surface area contributed by atoms with E-state index in [9.17, 15) is 26.7 Å². The first-order valence-electron chi connectivity index (χ1n) is 9.15. The number of rotatable bonds is 3. The summed E-state index contributed by atoms with van der Waals surface area (Å²) < 4.78 is 79.2. The van der Waals surface area contributed by atoms with Crippen molar-refractivity contribution in [3.8, 4) is 17.0 Å². The lowest BCUT2D eigenvalue weighted by atomic mass is 9.91. The van der Waals surface area contributed by atoms with E-state index in [1.165, 1.54) is 31.4 Å². The Morgan fingerprint density at radius 2 is 1.62 bits per heavy atom. The Kier molecular flexibility index (Phi) is 5.06. The van der Waals surface area contributed by atoms with E-state index in [0.29, 0.717) is 5.52 Å². The van der Waals surface area contributed by atoms with E-state index in [-0.39, 0.29) is 28.2 Å². The third-order valence-corrected chi connectivity index (χ3v) is 4.96. The second-order valence-electron chi connectivity index (χ2n) is 6.85. The van der Waals surface area contributed by atoms with Crippen molar-refractivity contribution in [2.75, 3.05) is 14.2 Å². The molecule has 2 aromatic carbocycles. The third kappa shape index (κ3) is 3.33. The summed E-state index contributed by atoms with van der Waals surface area (Å²) in [6, 6.07) is 10.3.